The number of halogens is 1. The number of amides is 1. The van der Waals surface area contributed by atoms with Crippen LogP contribution in [0, 0.1) is 5.41 Å². The number of ether oxygens (including phenoxy) is 1. The molecule has 3 rings (SSSR count). The second-order valence-corrected chi connectivity index (χ2v) is 8.35. The van der Waals surface area contributed by atoms with Crippen LogP contribution in [-0.2, 0) is 13.2 Å². The van der Waals surface area contributed by atoms with E-state index >= 15 is 0 Å². The van der Waals surface area contributed by atoms with Gasteiger partial charge in [-0.15, -0.1) is 11.3 Å². The summed E-state index contributed by atoms with van der Waals surface area (Å²) in [7, 11) is 5.52. The van der Waals surface area contributed by atoms with Gasteiger partial charge < -0.3 is 20.4 Å². The number of nitrogens with zero attached hydrogens (tertiary/aromatic N) is 2. The van der Waals surface area contributed by atoms with Gasteiger partial charge in [-0.1, -0.05) is 11.6 Å². The van der Waals surface area contributed by atoms with Crippen molar-refractivity contribution in [2.45, 2.75) is 13.2 Å². The first-order valence-electron chi connectivity index (χ1n) is 8.54. The third-order valence-electron chi connectivity index (χ3n) is 4.13. The Bertz CT molecular complexity index is 1030. The van der Waals surface area contributed by atoms with E-state index in [1.807, 2.05) is 14.1 Å². The molecule has 0 aliphatic heterocycles. The number of rotatable bonds is 6. The first kappa shape index (κ1) is 20.2. The highest BCUT2D eigenvalue weighted by Crippen LogP contribution is 2.31. The summed E-state index contributed by atoms with van der Waals surface area (Å²) >= 11 is 8.08. The number of nitrogens with one attached hydrogen (secondary N) is 2. The fourth-order valence-corrected chi connectivity index (χ4v) is 4.02. The Kier molecular flexibility index (Phi) is 5.93. The predicted molar refractivity (Wildman–Crippen MR) is 113 cm³/mol. The van der Waals surface area contributed by atoms with Gasteiger partial charge in [0.05, 0.1) is 10.5 Å². The molecular weight excluding hydrogens is 398 g/mol. The number of nitrogens with two attached hydrogens (primary N) is 1. The monoisotopic (exact) mass is 419 g/mol. The van der Waals surface area contributed by atoms with Crippen molar-refractivity contribution >= 4 is 45.7 Å². The fraction of sp³-hybridized carbons (Fsp3) is 0.263. The number of hydrogen-bond donors (Lipinski definition) is 3. The van der Waals surface area contributed by atoms with Crippen LogP contribution in [0.1, 0.15) is 20.2 Å². The molecule has 4 N–H and O–H groups in total. The maximum absolute atomic E-state index is 12.3. The molecule has 148 valence electrons. The topological polar surface area (TPSA) is 98.4 Å². The van der Waals surface area contributed by atoms with Crippen LogP contribution in [0.2, 0.25) is 5.02 Å². The van der Waals surface area contributed by atoms with Crippen LogP contribution in [0.5, 0.6) is 5.75 Å². The molecule has 28 heavy (non-hydrogen) atoms. The normalized spacial score (nSPS) is 11.2. The fourth-order valence-electron chi connectivity index (χ4n) is 2.71. The minimum absolute atomic E-state index is 0.304. The van der Waals surface area contributed by atoms with Crippen molar-refractivity contribution in [1.29, 1.82) is 5.41 Å². The summed E-state index contributed by atoms with van der Waals surface area (Å²) in [6, 6.07) is 9.35. The lowest BCUT2D eigenvalue weighted by Gasteiger charge is -2.12. The van der Waals surface area contributed by atoms with Gasteiger partial charge in [-0.2, -0.15) is 0 Å². The lowest BCUT2D eigenvalue weighted by atomic mass is 10.2. The SMILES string of the molecule is CN(C)Cc1ccc(COc2cc(Cl)c3cc(C(=O)N(C)C(=N)N)[nH]c3c2)s1. The Balaban J connectivity index is 1.77. The molecule has 3 aromatic rings. The molecule has 0 aliphatic carbocycles. The Morgan fingerprint density at radius 2 is 1.96 bits per heavy atom. The molecule has 0 bridgehead atoms. The van der Waals surface area contributed by atoms with E-state index in [1.165, 1.54) is 11.9 Å². The number of carbonyl (C=O) groups excluding carboxylic acids is 1. The highest BCUT2D eigenvalue weighted by Gasteiger charge is 2.18. The summed E-state index contributed by atoms with van der Waals surface area (Å²) in [5.74, 6) is -0.126. The number of H-pyrrole nitrogens is 1. The van der Waals surface area contributed by atoms with E-state index in [1.54, 1.807) is 29.5 Å². The predicted octanol–water partition coefficient (Wildman–Crippen LogP) is 3.49. The minimum atomic E-state index is -0.408. The van der Waals surface area contributed by atoms with E-state index < -0.39 is 5.91 Å². The maximum Gasteiger partial charge on any atom is 0.276 e. The van der Waals surface area contributed by atoms with Crippen molar-refractivity contribution in [3.8, 4) is 5.75 Å². The lowest BCUT2D eigenvalue weighted by molar-refractivity contribution is 0.0864. The number of guanidine groups is 1. The zero-order chi connectivity index (χ0) is 20.4. The standard InChI is InChI=1S/C19H22ClN5O2S/c1-24(2)9-12-4-5-13(28-12)10-27-11-6-15(20)14-8-17(23-16(14)7-11)18(26)25(3)19(21)22/h4-8,23H,9-10H2,1-3H3,(H3,21,22). The van der Waals surface area contributed by atoms with Crippen molar-refractivity contribution in [3.05, 3.63) is 50.8 Å². The van der Waals surface area contributed by atoms with E-state index in [2.05, 4.69) is 22.0 Å². The number of aromatic amines is 1. The van der Waals surface area contributed by atoms with Gasteiger partial charge in [-0.05, 0) is 38.4 Å². The van der Waals surface area contributed by atoms with Gasteiger partial charge in [-0.3, -0.25) is 15.1 Å². The van der Waals surface area contributed by atoms with E-state index in [9.17, 15) is 4.79 Å². The highest BCUT2D eigenvalue weighted by atomic mass is 35.5. The lowest BCUT2D eigenvalue weighted by Crippen LogP contribution is -2.38. The molecule has 2 heterocycles. The second kappa shape index (κ2) is 8.22. The molecule has 7 nitrogen and oxygen atoms in total. The molecule has 0 fully saturated rings. The summed E-state index contributed by atoms with van der Waals surface area (Å²) in [5.41, 5.74) is 6.36. The van der Waals surface area contributed by atoms with Crippen LogP contribution in [0.25, 0.3) is 10.9 Å². The van der Waals surface area contributed by atoms with Crippen LogP contribution in [0.4, 0.5) is 0 Å². The first-order chi connectivity index (χ1) is 13.2. The Morgan fingerprint density at radius 1 is 1.25 bits per heavy atom. The number of carbonyl (C=O) groups is 1. The first-order valence-corrected chi connectivity index (χ1v) is 9.73. The van der Waals surface area contributed by atoms with Gasteiger partial charge in [0.25, 0.3) is 5.91 Å². The van der Waals surface area contributed by atoms with Crippen molar-refractivity contribution in [1.82, 2.24) is 14.8 Å². The van der Waals surface area contributed by atoms with Crippen LogP contribution < -0.4 is 10.5 Å². The average molecular weight is 420 g/mol. The van der Waals surface area contributed by atoms with Crippen LogP contribution in [-0.4, -0.2) is 47.8 Å². The summed E-state index contributed by atoms with van der Waals surface area (Å²) in [6.45, 7) is 1.34. The summed E-state index contributed by atoms with van der Waals surface area (Å²) in [4.78, 5) is 20.9. The number of aromatic nitrogens is 1. The summed E-state index contributed by atoms with van der Waals surface area (Å²) in [6.07, 6.45) is 0. The van der Waals surface area contributed by atoms with E-state index in [0.717, 1.165) is 16.3 Å². The molecule has 0 atom stereocenters. The van der Waals surface area contributed by atoms with Crippen molar-refractivity contribution < 1.29 is 9.53 Å². The molecule has 1 amide bonds. The number of fused-ring (bicyclic) bond motifs is 1. The smallest absolute Gasteiger partial charge is 0.276 e. The second-order valence-electron chi connectivity index (χ2n) is 6.69. The summed E-state index contributed by atoms with van der Waals surface area (Å²) in [5, 5.41) is 8.57. The molecule has 0 spiro atoms. The van der Waals surface area contributed by atoms with Crippen molar-refractivity contribution in [2.75, 3.05) is 21.1 Å². The van der Waals surface area contributed by atoms with Crippen LogP contribution in [0.3, 0.4) is 0 Å². The van der Waals surface area contributed by atoms with E-state index in [0.29, 0.717) is 34.0 Å². The zero-order valence-corrected chi connectivity index (χ0v) is 17.4. The summed E-state index contributed by atoms with van der Waals surface area (Å²) < 4.78 is 5.90. The quantitative estimate of drug-likeness (QED) is 0.420. The van der Waals surface area contributed by atoms with E-state index in [4.69, 9.17) is 27.5 Å². The zero-order valence-electron chi connectivity index (χ0n) is 15.9. The molecular formula is C19H22ClN5O2S. The van der Waals surface area contributed by atoms with Gasteiger partial charge >= 0.3 is 0 Å². The van der Waals surface area contributed by atoms with Gasteiger partial charge in [-0.25, -0.2) is 0 Å². The molecule has 0 saturated carbocycles. The molecule has 1 aromatic carbocycles. The van der Waals surface area contributed by atoms with Gasteiger partial charge in [0, 0.05) is 34.8 Å². The average Bonchev–Trinajstić information content (AvgIpc) is 3.25. The minimum Gasteiger partial charge on any atom is -0.488 e. The molecule has 9 heteroatoms. The number of thiophene rings is 1. The molecule has 0 aliphatic rings. The molecule has 0 saturated heterocycles. The Hall–Kier alpha value is -2.55. The van der Waals surface area contributed by atoms with Crippen LogP contribution >= 0.6 is 22.9 Å². The van der Waals surface area contributed by atoms with Gasteiger partial charge in [0.15, 0.2) is 5.96 Å². The van der Waals surface area contributed by atoms with Crippen molar-refractivity contribution in [2.24, 2.45) is 5.73 Å². The van der Waals surface area contributed by atoms with Gasteiger partial charge in [0.2, 0.25) is 0 Å². The third kappa shape index (κ3) is 4.46. The molecule has 0 unspecified atom stereocenters. The Labute approximate surface area is 172 Å². The Morgan fingerprint density at radius 3 is 2.64 bits per heavy atom. The maximum atomic E-state index is 12.3. The molecule has 0 radical (unpaired) electrons. The molecule has 2 aromatic heterocycles. The van der Waals surface area contributed by atoms with Gasteiger partial charge in [0.1, 0.15) is 18.1 Å². The van der Waals surface area contributed by atoms with Crippen LogP contribution in [0.15, 0.2) is 30.3 Å². The van der Waals surface area contributed by atoms with E-state index in [-0.39, 0.29) is 5.96 Å². The van der Waals surface area contributed by atoms with Crippen molar-refractivity contribution in [3.63, 3.8) is 0 Å². The highest BCUT2D eigenvalue weighted by molar-refractivity contribution is 7.11. The number of hydrogen-bond acceptors (Lipinski definition) is 5. The largest absolute Gasteiger partial charge is 0.488 e. The number of benzene rings is 1. The third-order valence-corrected chi connectivity index (χ3v) is 5.48.